The fourth-order valence-electron chi connectivity index (χ4n) is 3.13. The molecule has 2 aliphatic heterocycles. The lowest BCUT2D eigenvalue weighted by atomic mass is 10.1. The number of piperidine rings is 1. The third-order valence-electron chi connectivity index (χ3n) is 4.32. The van der Waals surface area contributed by atoms with Crippen LogP contribution in [0.5, 0.6) is 0 Å². The molecule has 0 amide bonds. The van der Waals surface area contributed by atoms with E-state index in [4.69, 9.17) is 4.74 Å². The van der Waals surface area contributed by atoms with E-state index in [0.717, 1.165) is 13.0 Å². The Bertz CT molecular complexity index is 415. The first-order valence-corrected chi connectivity index (χ1v) is 7.57. The van der Waals surface area contributed by atoms with Crippen molar-refractivity contribution in [2.75, 3.05) is 29.9 Å². The molecule has 3 heteroatoms. The molecule has 104 valence electrons. The van der Waals surface area contributed by atoms with Gasteiger partial charge in [-0.25, -0.2) is 0 Å². The van der Waals surface area contributed by atoms with E-state index in [1.165, 1.54) is 43.7 Å². The number of para-hydroxylation sites is 2. The molecule has 2 atom stereocenters. The Hall–Kier alpha value is -1.22. The fraction of sp³-hybridized carbons (Fsp3) is 0.625. The van der Waals surface area contributed by atoms with Crippen LogP contribution in [0.4, 0.5) is 11.4 Å². The van der Waals surface area contributed by atoms with Crippen molar-refractivity contribution in [3.63, 3.8) is 0 Å². The van der Waals surface area contributed by atoms with Crippen molar-refractivity contribution in [2.24, 2.45) is 0 Å². The van der Waals surface area contributed by atoms with Crippen LogP contribution in [0.1, 0.15) is 32.6 Å². The van der Waals surface area contributed by atoms with E-state index in [0.29, 0.717) is 12.1 Å². The SMILES string of the molecule is CC1OCCC1Nc1ccccc1N1CCCCC1. The number of nitrogens with zero attached hydrogens (tertiary/aromatic N) is 1. The second-order valence-electron chi connectivity index (χ2n) is 5.68. The van der Waals surface area contributed by atoms with Crippen LogP contribution in [0.3, 0.4) is 0 Å². The molecule has 0 radical (unpaired) electrons. The number of hydrogen-bond acceptors (Lipinski definition) is 3. The first-order valence-electron chi connectivity index (χ1n) is 7.57. The molecule has 2 fully saturated rings. The average Bonchev–Trinajstić information content (AvgIpc) is 2.86. The number of benzene rings is 1. The van der Waals surface area contributed by atoms with Crippen LogP contribution in [-0.4, -0.2) is 31.8 Å². The molecule has 1 aromatic carbocycles. The second-order valence-corrected chi connectivity index (χ2v) is 5.68. The number of hydrogen-bond donors (Lipinski definition) is 1. The van der Waals surface area contributed by atoms with E-state index < -0.39 is 0 Å². The third kappa shape index (κ3) is 2.86. The number of rotatable bonds is 3. The van der Waals surface area contributed by atoms with Crippen molar-refractivity contribution in [3.05, 3.63) is 24.3 Å². The summed E-state index contributed by atoms with van der Waals surface area (Å²) in [5.41, 5.74) is 2.63. The molecule has 3 nitrogen and oxygen atoms in total. The molecule has 2 aliphatic rings. The summed E-state index contributed by atoms with van der Waals surface area (Å²) in [5.74, 6) is 0. The summed E-state index contributed by atoms with van der Waals surface area (Å²) in [4.78, 5) is 2.52. The maximum absolute atomic E-state index is 5.65. The Morgan fingerprint density at radius 1 is 1.16 bits per heavy atom. The normalized spacial score (nSPS) is 27.5. The highest BCUT2D eigenvalue weighted by molar-refractivity contribution is 5.70. The molecule has 2 unspecified atom stereocenters. The molecular weight excluding hydrogens is 236 g/mol. The zero-order valence-corrected chi connectivity index (χ0v) is 11.8. The Morgan fingerprint density at radius 3 is 2.68 bits per heavy atom. The van der Waals surface area contributed by atoms with Gasteiger partial charge in [-0.05, 0) is 44.7 Å². The average molecular weight is 260 g/mol. The summed E-state index contributed by atoms with van der Waals surface area (Å²) in [7, 11) is 0. The molecule has 0 spiro atoms. The molecule has 0 aromatic heterocycles. The molecule has 1 aromatic rings. The maximum atomic E-state index is 5.65. The zero-order valence-electron chi connectivity index (χ0n) is 11.8. The van der Waals surface area contributed by atoms with Crippen molar-refractivity contribution in [3.8, 4) is 0 Å². The van der Waals surface area contributed by atoms with Gasteiger partial charge in [-0.3, -0.25) is 0 Å². The summed E-state index contributed by atoms with van der Waals surface area (Å²) < 4.78 is 5.65. The predicted octanol–water partition coefficient (Wildman–Crippen LogP) is 3.27. The monoisotopic (exact) mass is 260 g/mol. The number of ether oxygens (including phenoxy) is 1. The first kappa shape index (κ1) is 12.8. The summed E-state index contributed by atoms with van der Waals surface area (Å²) in [6, 6.07) is 9.16. The minimum atomic E-state index is 0.314. The van der Waals surface area contributed by atoms with Gasteiger partial charge >= 0.3 is 0 Å². The van der Waals surface area contributed by atoms with Crippen LogP contribution in [0.25, 0.3) is 0 Å². The van der Waals surface area contributed by atoms with E-state index in [1.54, 1.807) is 0 Å². The van der Waals surface area contributed by atoms with E-state index in [-0.39, 0.29) is 0 Å². The van der Waals surface area contributed by atoms with Crippen LogP contribution < -0.4 is 10.2 Å². The van der Waals surface area contributed by atoms with Crippen molar-refractivity contribution in [2.45, 2.75) is 44.8 Å². The number of anilines is 2. The van der Waals surface area contributed by atoms with Crippen LogP contribution in [-0.2, 0) is 4.74 Å². The second kappa shape index (κ2) is 5.83. The van der Waals surface area contributed by atoms with Gasteiger partial charge < -0.3 is 15.0 Å². The lowest BCUT2D eigenvalue weighted by molar-refractivity contribution is 0.121. The summed E-state index contributed by atoms with van der Waals surface area (Å²) in [6.07, 6.45) is 5.43. The zero-order chi connectivity index (χ0) is 13.1. The van der Waals surface area contributed by atoms with E-state index in [2.05, 4.69) is 41.4 Å². The first-order chi connectivity index (χ1) is 9.34. The highest BCUT2D eigenvalue weighted by atomic mass is 16.5. The van der Waals surface area contributed by atoms with Crippen LogP contribution >= 0.6 is 0 Å². The summed E-state index contributed by atoms with van der Waals surface area (Å²) in [6.45, 7) is 5.42. The van der Waals surface area contributed by atoms with Crippen molar-refractivity contribution in [1.82, 2.24) is 0 Å². The molecule has 2 saturated heterocycles. The quantitative estimate of drug-likeness (QED) is 0.902. The summed E-state index contributed by atoms with van der Waals surface area (Å²) >= 11 is 0. The van der Waals surface area contributed by atoms with Gasteiger partial charge in [0.2, 0.25) is 0 Å². The van der Waals surface area contributed by atoms with Gasteiger partial charge in [0.15, 0.2) is 0 Å². The molecule has 0 bridgehead atoms. The highest BCUT2D eigenvalue weighted by Gasteiger charge is 2.25. The Labute approximate surface area is 115 Å². The largest absolute Gasteiger partial charge is 0.378 e. The summed E-state index contributed by atoms with van der Waals surface area (Å²) in [5, 5.41) is 3.69. The van der Waals surface area contributed by atoms with Gasteiger partial charge in [-0.2, -0.15) is 0 Å². The Balaban J connectivity index is 1.76. The maximum Gasteiger partial charge on any atom is 0.0748 e. The van der Waals surface area contributed by atoms with Gasteiger partial charge in [0.25, 0.3) is 0 Å². The van der Waals surface area contributed by atoms with Gasteiger partial charge in [0.05, 0.1) is 23.5 Å². The standard InChI is InChI=1S/C16H24N2O/c1-13-14(9-12-19-13)17-15-7-3-4-8-16(15)18-10-5-2-6-11-18/h3-4,7-8,13-14,17H,2,5-6,9-12H2,1H3. The Kier molecular flexibility index (Phi) is 3.92. The van der Waals surface area contributed by atoms with Gasteiger partial charge in [-0.1, -0.05) is 12.1 Å². The molecular formula is C16H24N2O. The van der Waals surface area contributed by atoms with E-state index in [9.17, 15) is 0 Å². The molecule has 19 heavy (non-hydrogen) atoms. The minimum Gasteiger partial charge on any atom is -0.378 e. The van der Waals surface area contributed by atoms with Gasteiger partial charge in [0, 0.05) is 19.7 Å². The highest BCUT2D eigenvalue weighted by Crippen LogP contribution is 2.30. The number of nitrogens with one attached hydrogen (secondary N) is 1. The molecule has 1 N–H and O–H groups in total. The molecule has 2 heterocycles. The minimum absolute atomic E-state index is 0.314. The lowest BCUT2D eigenvalue weighted by Gasteiger charge is -2.31. The van der Waals surface area contributed by atoms with Crippen molar-refractivity contribution >= 4 is 11.4 Å². The van der Waals surface area contributed by atoms with E-state index in [1.807, 2.05) is 0 Å². The van der Waals surface area contributed by atoms with Gasteiger partial charge in [-0.15, -0.1) is 0 Å². The molecule has 0 aliphatic carbocycles. The Morgan fingerprint density at radius 2 is 1.95 bits per heavy atom. The molecule has 0 saturated carbocycles. The lowest BCUT2D eigenvalue weighted by Crippen LogP contribution is -2.32. The van der Waals surface area contributed by atoms with Crippen LogP contribution in [0, 0.1) is 0 Å². The predicted molar refractivity (Wildman–Crippen MR) is 79.9 cm³/mol. The third-order valence-corrected chi connectivity index (χ3v) is 4.32. The topological polar surface area (TPSA) is 24.5 Å². The van der Waals surface area contributed by atoms with E-state index >= 15 is 0 Å². The van der Waals surface area contributed by atoms with Crippen molar-refractivity contribution in [1.29, 1.82) is 0 Å². The van der Waals surface area contributed by atoms with Crippen LogP contribution in [0.15, 0.2) is 24.3 Å². The fourth-order valence-corrected chi connectivity index (χ4v) is 3.13. The van der Waals surface area contributed by atoms with Gasteiger partial charge in [0.1, 0.15) is 0 Å². The smallest absolute Gasteiger partial charge is 0.0748 e. The molecule has 3 rings (SSSR count). The van der Waals surface area contributed by atoms with Crippen LogP contribution in [0.2, 0.25) is 0 Å². The van der Waals surface area contributed by atoms with Crippen molar-refractivity contribution < 1.29 is 4.74 Å².